The molecule has 0 saturated carbocycles. The number of carbonyl (C=O) groups excluding carboxylic acids is 1. The van der Waals surface area contributed by atoms with E-state index >= 15 is 0 Å². The maximum Gasteiger partial charge on any atom is 0.247 e. The minimum absolute atomic E-state index is 0.240. The minimum Gasteiger partial charge on any atom is -0.508 e. The predicted molar refractivity (Wildman–Crippen MR) is 107 cm³/mol. The average Bonchev–Trinajstić information content (AvgIpc) is 2.67. The lowest BCUT2D eigenvalue weighted by Gasteiger charge is -2.09. The molecule has 136 valence electrons. The summed E-state index contributed by atoms with van der Waals surface area (Å²) in [5.74, 6) is 0.656. The Morgan fingerprint density at radius 3 is 2.67 bits per heavy atom. The highest BCUT2D eigenvalue weighted by molar-refractivity contribution is 7.99. The maximum absolute atomic E-state index is 11.3. The van der Waals surface area contributed by atoms with Gasteiger partial charge in [0.05, 0.1) is 0 Å². The summed E-state index contributed by atoms with van der Waals surface area (Å²) in [5.41, 5.74) is 2.48. The maximum atomic E-state index is 11.3. The Morgan fingerprint density at radius 1 is 1.22 bits per heavy atom. The van der Waals surface area contributed by atoms with Gasteiger partial charge in [-0.25, -0.2) is 9.97 Å². The van der Waals surface area contributed by atoms with E-state index in [0.29, 0.717) is 17.9 Å². The van der Waals surface area contributed by atoms with Crippen molar-refractivity contribution in [2.45, 2.75) is 23.3 Å². The molecular formula is C21H19N3O2S. The number of hydrogen-bond acceptors (Lipinski definition) is 5. The van der Waals surface area contributed by atoms with E-state index in [1.807, 2.05) is 43.3 Å². The van der Waals surface area contributed by atoms with Crippen molar-refractivity contribution in [2.75, 3.05) is 5.32 Å². The van der Waals surface area contributed by atoms with Gasteiger partial charge in [-0.2, -0.15) is 0 Å². The summed E-state index contributed by atoms with van der Waals surface area (Å²) in [6.45, 7) is 5.40. The lowest BCUT2D eigenvalue weighted by molar-refractivity contribution is -0.111. The minimum atomic E-state index is -0.240. The molecule has 0 spiro atoms. The van der Waals surface area contributed by atoms with E-state index in [9.17, 15) is 9.90 Å². The summed E-state index contributed by atoms with van der Waals surface area (Å²) in [6.07, 6.45) is 3.50. The van der Waals surface area contributed by atoms with Crippen molar-refractivity contribution in [3.63, 3.8) is 0 Å². The standard InChI is InChI=1S/C21H19N3O2S/c1-3-20(26)23-16-8-10-17(11-9-16)27-21-14(2)13-22-19(24-21)12-15-6-4-5-7-18(15)25/h3-11,13,25H,1,12H2,2H3,(H,23,26). The molecule has 0 atom stereocenters. The Labute approximate surface area is 162 Å². The zero-order chi connectivity index (χ0) is 19.2. The first-order chi connectivity index (χ1) is 13.0. The van der Waals surface area contributed by atoms with Crippen molar-refractivity contribution in [3.8, 4) is 5.75 Å². The molecule has 0 unspecified atom stereocenters. The fraction of sp³-hybridized carbons (Fsp3) is 0.0952. The van der Waals surface area contributed by atoms with Crippen LogP contribution in [0.15, 0.2) is 77.3 Å². The highest BCUT2D eigenvalue weighted by Gasteiger charge is 2.09. The van der Waals surface area contributed by atoms with Crippen LogP contribution in [0.1, 0.15) is 17.0 Å². The molecule has 0 saturated heterocycles. The van der Waals surface area contributed by atoms with Gasteiger partial charge in [0.15, 0.2) is 0 Å². The largest absolute Gasteiger partial charge is 0.508 e. The third-order valence-electron chi connectivity index (χ3n) is 3.84. The third-order valence-corrected chi connectivity index (χ3v) is 4.95. The molecule has 5 nitrogen and oxygen atoms in total. The number of amides is 1. The van der Waals surface area contributed by atoms with Gasteiger partial charge in [0.2, 0.25) is 5.91 Å². The van der Waals surface area contributed by atoms with Crippen LogP contribution >= 0.6 is 11.8 Å². The molecule has 0 aliphatic heterocycles. The van der Waals surface area contributed by atoms with Crippen LogP contribution in [0.25, 0.3) is 0 Å². The summed E-state index contributed by atoms with van der Waals surface area (Å²) in [4.78, 5) is 21.4. The number of nitrogens with one attached hydrogen (secondary N) is 1. The van der Waals surface area contributed by atoms with Crippen LogP contribution in [0.2, 0.25) is 0 Å². The molecule has 27 heavy (non-hydrogen) atoms. The van der Waals surface area contributed by atoms with Gasteiger partial charge >= 0.3 is 0 Å². The molecule has 2 N–H and O–H groups in total. The second-order valence-corrected chi connectivity index (χ2v) is 6.96. The van der Waals surface area contributed by atoms with E-state index < -0.39 is 0 Å². The molecule has 1 aromatic heterocycles. The molecule has 0 radical (unpaired) electrons. The normalized spacial score (nSPS) is 10.4. The number of para-hydroxylation sites is 1. The van der Waals surface area contributed by atoms with Gasteiger partial charge in [0.1, 0.15) is 16.6 Å². The fourth-order valence-corrected chi connectivity index (χ4v) is 3.25. The van der Waals surface area contributed by atoms with Crippen molar-refractivity contribution in [2.24, 2.45) is 0 Å². The third kappa shape index (κ3) is 4.95. The van der Waals surface area contributed by atoms with Crippen molar-refractivity contribution in [1.82, 2.24) is 9.97 Å². The number of rotatable bonds is 6. The summed E-state index contributed by atoms with van der Waals surface area (Å²) >= 11 is 1.53. The number of anilines is 1. The number of aromatic hydroxyl groups is 1. The molecular weight excluding hydrogens is 358 g/mol. The molecule has 1 amide bonds. The summed E-state index contributed by atoms with van der Waals surface area (Å²) in [7, 11) is 0. The van der Waals surface area contributed by atoms with Crippen LogP contribution in [0.4, 0.5) is 5.69 Å². The van der Waals surface area contributed by atoms with Crippen molar-refractivity contribution >= 4 is 23.4 Å². The van der Waals surface area contributed by atoms with Gasteiger partial charge in [0, 0.05) is 28.8 Å². The lowest BCUT2D eigenvalue weighted by Crippen LogP contribution is -2.06. The molecule has 6 heteroatoms. The summed E-state index contributed by atoms with van der Waals surface area (Å²) < 4.78 is 0. The molecule has 3 aromatic rings. The second-order valence-electron chi connectivity index (χ2n) is 5.90. The van der Waals surface area contributed by atoms with Crippen LogP contribution in [-0.4, -0.2) is 21.0 Å². The van der Waals surface area contributed by atoms with Crippen molar-refractivity contribution in [3.05, 3.63) is 84.3 Å². The van der Waals surface area contributed by atoms with Gasteiger partial charge in [0.25, 0.3) is 0 Å². The topological polar surface area (TPSA) is 75.1 Å². The summed E-state index contributed by atoms with van der Waals surface area (Å²) in [5, 5.41) is 13.5. The number of aromatic nitrogens is 2. The first-order valence-electron chi connectivity index (χ1n) is 8.36. The average molecular weight is 377 g/mol. The van der Waals surface area contributed by atoms with Crippen molar-refractivity contribution in [1.29, 1.82) is 0 Å². The Kier molecular flexibility index (Phi) is 5.88. The molecule has 0 fully saturated rings. The second kappa shape index (κ2) is 8.51. The Bertz CT molecular complexity index is 971. The number of phenolic OH excluding ortho intramolecular Hbond substituents is 1. The number of benzene rings is 2. The van der Waals surface area contributed by atoms with Gasteiger partial charge < -0.3 is 10.4 Å². The van der Waals surface area contributed by atoms with Gasteiger partial charge in [-0.3, -0.25) is 4.79 Å². The molecule has 3 rings (SSSR count). The first kappa shape index (κ1) is 18.7. The lowest BCUT2D eigenvalue weighted by atomic mass is 10.1. The van der Waals surface area contributed by atoms with E-state index in [4.69, 9.17) is 0 Å². The predicted octanol–water partition coefficient (Wildman–Crippen LogP) is 4.36. The highest BCUT2D eigenvalue weighted by Crippen LogP contribution is 2.30. The molecule has 0 aliphatic carbocycles. The first-order valence-corrected chi connectivity index (χ1v) is 9.17. The fourth-order valence-electron chi connectivity index (χ4n) is 2.39. The molecule has 2 aromatic carbocycles. The molecule has 0 aliphatic rings. The van der Waals surface area contributed by atoms with E-state index in [2.05, 4.69) is 21.9 Å². The highest BCUT2D eigenvalue weighted by atomic mass is 32.2. The van der Waals surface area contributed by atoms with Crippen LogP contribution in [0.3, 0.4) is 0 Å². The van der Waals surface area contributed by atoms with Gasteiger partial charge in [-0.15, -0.1) is 0 Å². The number of aryl methyl sites for hydroxylation is 1. The quantitative estimate of drug-likeness (QED) is 0.493. The number of hydrogen-bond donors (Lipinski definition) is 2. The van der Waals surface area contributed by atoms with Crippen LogP contribution in [-0.2, 0) is 11.2 Å². The van der Waals surface area contributed by atoms with Crippen molar-refractivity contribution < 1.29 is 9.90 Å². The van der Waals surface area contributed by atoms with E-state index in [-0.39, 0.29) is 11.7 Å². The van der Waals surface area contributed by atoms with Gasteiger partial charge in [-0.05, 0) is 48.9 Å². The Morgan fingerprint density at radius 2 is 1.96 bits per heavy atom. The summed E-state index contributed by atoms with van der Waals surface area (Å²) in [6, 6.07) is 14.7. The smallest absolute Gasteiger partial charge is 0.247 e. The van der Waals surface area contributed by atoms with Crippen LogP contribution in [0.5, 0.6) is 5.75 Å². The van der Waals surface area contributed by atoms with Crippen LogP contribution in [0, 0.1) is 6.92 Å². The number of nitrogens with zero attached hydrogens (tertiary/aromatic N) is 2. The van der Waals surface area contributed by atoms with E-state index in [1.54, 1.807) is 18.3 Å². The number of phenols is 1. The van der Waals surface area contributed by atoms with E-state index in [1.165, 1.54) is 17.8 Å². The Hall–Kier alpha value is -3.12. The molecule has 1 heterocycles. The van der Waals surface area contributed by atoms with Gasteiger partial charge in [-0.1, -0.05) is 36.5 Å². The van der Waals surface area contributed by atoms with E-state index in [0.717, 1.165) is 21.0 Å². The monoisotopic (exact) mass is 377 g/mol. The van der Waals surface area contributed by atoms with Crippen LogP contribution < -0.4 is 5.32 Å². The zero-order valence-electron chi connectivity index (χ0n) is 14.8. The number of carbonyl (C=O) groups is 1. The SMILES string of the molecule is C=CC(=O)Nc1ccc(Sc2nc(Cc3ccccc3O)ncc2C)cc1. The zero-order valence-corrected chi connectivity index (χ0v) is 15.7. The molecule has 0 bridgehead atoms. The Balaban J connectivity index is 1.76.